The van der Waals surface area contributed by atoms with Gasteiger partial charge in [0, 0.05) is 39.6 Å². The standard InChI is InChI=1S/C15H28N6.HI/c1-5-14-19-18-11-20(14)7-6-17-15(16-4)21-9-12(2)8-13(3)10-21;/h11-13H,5-10H2,1-4H3,(H,16,17);1H. The molecular weight excluding hydrogens is 391 g/mol. The highest BCUT2D eigenvalue weighted by Crippen LogP contribution is 2.20. The minimum absolute atomic E-state index is 0. The SMILES string of the molecule is CCc1nncn1CCNC(=NC)N1CC(C)CC(C)C1.I. The maximum Gasteiger partial charge on any atom is 0.193 e. The average molecular weight is 420 g/mol. The number of likely N-dealkylation sites (tertiary alicyclic amines) is 1. The Kier molecular flexibility index (Phi) is 8.13. The van der Waals surface area contributed by atoms with Crippen molar-refractivity contribution in [3.63, 3.8) is 0 Å². The summed E-state index contributed by atoms with van der Waals surface area (Å²) in [7, 11) is 1.86. The van der Waals surface area contributed by atoms with Gasteiger partial charge in [-0.15, -0.1) is 34.2 Å². The Morgan fingerprint density at radius 3 is 2.64 bits per heavy atom. The lowest BCUT2D eigenvalue weighted by molar-refractivity contribution is 0.208. The minimum atomic E-state index is 0. The van der Waals surface area contributed by atoms with Crippen molar-refractivity contribution in [3.05, 3.63) is 12.2 Å². The van der Waals surface area contributed by atoms with Gasteiger partial charge in [-0.25, -0.2) is 0 Å². The van der Waals surface area contributed by atoms with Gasteiger partial charge in [-0.2, -0.15) is 0 Å². The molecule has 126 valence electrons. The van der Waals surface area contributed by atoms with Gasteiger partial charge in [-0.05, 0) is 18.3 Å². The van der Waals surface area contributed by atoms with E-state index in [1.807, 2.05) is 7.05 Å². The molecule has 1 saturated heterocycles. The zero-order valence-corrected chi connectivity index (χ0v) is 16.4. The van der Waals surface area contributed by atoms with Crippen molar-refractivity contribution in [1.82, 2.24) is 25.0 Å². The van der Waals surface area contributed by atoms with Crippen LogP contribution in [0, 0.1) is 11.8 Å². The molecule has 0 bridgehead atoms. The first-order valence-corrected chi connectivity index (χ1v) is 7.96. The summed E-state index contributed by atoms with van der Waals surface area (Å²) in [5.41, 5.74) is 0. The second-order valence-corrected chi connectivity index (χ2v) is 6.12. The van der Waals surface area contributed by atoms with Gasteiger partial charge in [-0.1, -0.05) is 20.8 Å². The third kappa shape index (κ3) is 5.10. The number of aryl methyl sites for hydroxylation is 1. The van der Waals surface area contributed by atoms with E-state index in [-0.39, 0.29) is 24.0 Å². The molecular formula is C15H29IN6. The molecule has 0 radical (unpaired) electrons. The summed E-state index contributed by atoms with van der Waals surface area (Å²) in [5.74, 6) is 3.51. The van der Waals surface area contributed by atoms with Crippen molar-refractivity contribution >= 4 is 29.9 Å². The molecule has 0 amide bonds. The molecule has 1 fully saturated rings. The van der Waals surface area contributed by atoms with E-state index in [9.17, 15) is 0 Å². The molecule has 2 unspecified atom stereocenters. The van der Waals surface area contributed by atoms with Crippen LogP contribution in [0.3, 0.4) is 0 Å². The van der Waals surface area contributed by atoms with E-state index in [0.717, 1.165) is 56.2 Å². The minimum Gasteiger partial charge on any atom is -0.354 e. The predicted molar refractivity (Wildman–Crippen MR) is 101 cm³/mol. The van der Waals surface area contributed by atoms with E-state index in [1.54, 1.807) is 6.33 Å². The van der Waals surface area contributed by atoms with Crippen LogP contribution in [0.5, 0.6) is 0 Å². The summed E-state index contributed by atoms with van der Waals surface area (Å²) in [6.07, 6.45) is 4.03. The summed E-state index contributed by atoms with van der Waals surface area (Å²) < 4.78 is 2.10. The van der Waals surface area contributed by atoms with E-state index >= 15 is 0 Å². The van der Waals surface area contributed by atoms with Crippen LogP contribution < -0.4 is 5.32 Å². The van der Waals surface area contributed by atoms with Crippen LogP contribution in [-0.4, -0.2) is 52.3 Å². The second kappa shape index (κ2) is 9.32. The molecule has 7 heteroatoms. The molecule has 0 saturated carbocycles. The summed E-state index contributed by atoms with van der Waals surface area (Å²) in [6, 6.07) is 0. The first kappa shape index (κ1) is 19.2. The molecule has 22 heavy (non-hydrogen) atoms. The number of nitrogens with zero attached hydrogens (tertiary/aromatic N) is 5. The number of piperidine rings is 1. The highest BCUT2D eigenvalue weighted by Gasteiger charge is 2.23. The Balaban J connectivity index is 0.00000242. The number of guanidine groups is 1. The molecule has 0 aromatic carbocycles. The lowest BCUT2D eigenvalue weighted by Crippen LogP contribution is -2.49. The summed E-state index contributed by atoms with van der Waals surface area (Å²) in [4.78, 5) is 6.81. The molecule has 0 aliphatic carbocycles. The summed E-state index contributed by atoms with van der Waals surface area (Å²) in [5, 5.41) is 11.5. The highest BCUT2D eigenvalue weighted by atomic mass is 127. The Labute approximate surface area is 150 Å². The van der Waals surface area contributed by atoms with Gasteiger partial charge in [0.05, 0.1) is 0 Å². The zero-order valence-electron chi connectivity index (χ0n) is 14.1. The van der Waals surface area contributed by atoms with Crippen molar-refractivity contribution in [3.8, 4) is 0 Å². The van der Waals surface area contributed by atoms with Crippen LogP contribution in [0.4, 0.5) is 0 Å². The predicted octanol–water partition coefficient (Wildman–Crippen LogP) is 2.01. The van der Waals surface area contributed by atoms with Gasteiger partial charge >= 0.3 is 0 Å². The monoisotopic (exact) mass is 420 g/mol. The van der Waals surface area contributed by atoms with Gasteiger partial charge in [0.1, 0.15) is 12.2 Å². The van der Waals surface area contributed by atoms with Crippen molar-refractivity contribution in [1.29, 1.82) is 0 Å². The smallest absolute Gasteiger partial charge is 0.193 e. The third-order valence-corrected chi connectivity index (χ3v) is 4.03. The van der Waals surface area contributed by atoms with E-state index in [0.29, 0.717) is 0 Å². The van der Waals surface area contributed by atoms with E-state index < -0.39 is 0 Å². The topological polar surface area (TPSA) is 58.3 Å². The maximum absolute atomic E-state index is 4.43. The van der Waals surface area contributed by atoms with Gasteiger partial charge in [0.2, 0.25) is 0 Å². The van der Waals surface area contributed by atoms with Crippen molar-refractivity contribution in [2.75, 3.05) is 26.7 Å². The molecule has 1 aromatic heterocycles. The Morgan fingerprint density at radius 1 is 1.36 bits per heavy atom. The molecule has 0 spiro atoms. The average Bonchev–Trinajstić information content (AvgIpc) is 2.90. The van der Waals surface area contributed by atoms with Crippen molar-refractivity contribution in [2.24, 2.45) is 16.8 Å². The number of aliphatic imine (C=N–C) groups is 1. The maximum atomic E-state index is 4.43. The lowest BCUT2D eigenvalue weighted by atomic mass is 9.92. The Hall–Kier alpha value is -0.860. The fourth-order valence-corrected chi connectivity index (χ4v) is 3.20. The normalized spacial score (nSPS) is 22.4. The van der Waals surface area contributed by atoms with E-state index in [2.05, 4.69) is 50.7 Å². The second-order valence-electron chi connectivity index (χ2n) is 6.12. The number of hydrogen-bond donors (Lipinski definition) is 1. The highest BCUT2D eigenvalue weighted by molar-refractivity contribution is 14.0. The Morgan fingerprint density at radius 2 is 2.05 bits per heavy atom. The van der Waals surface area contributed by atoms with Gasteiger partial charge in [0.15, 0.2) is 5.96 Å². The quantitative estimate of drug-likeness (QED) is 0.460. The van der Waals surface area contributed by atoms with E-state index in [4.69, 9.17) is 0 Å². The van der Waals surface area contributed by atoms with E-state index in [1.165, 1.54) is 6.42 Å². The first-order valence-electron chi connectivity index (χ1n) is 7.96. The number of rotatable bonds is 4. The third-order valence-electron chi connectivity index (χ3n) is 4.03. The van der Waals surface area contributed by atoms with Crippen molar-refractivity contribution in [2.45, 2.75) is 40.2 Å². The molecule has 2 rings (SSSR count). The van der Waals surface area contributed by atoms with Crippen molar-refractivity contribution < 1.29 is 0 Å². The molecule has 1 aliphatic rings. The zero-order chi connectivity index (χ0) is 15.2. The summed E-state index contributed by atoms with van der Waals surface area (Å²) >= 11 is 0. The molecule has 6 nitrogen and oxygen atoms in total. The number of aromatic nitrogens is 3. The van der Waals surface area contributed by atoms with Crippen LogP contribution in [0.1, 0.15) is 33.0 Å². The van der Waals surface area contributed by atoms with Gasteiger partial charge < -0.3 is 14.8 Å². The molecule has 1 aromatic rings. The fourth-order valence-electron chi connectivity index (χ4n) is 3.20. The Bertz CT molecular complexity index is 462. The molecule has 1 N–H and O–H groups in total. The number of hydrogen-bond acceptors (Lipinski definition) is 3. The van der Waals surface area contributed by atoms with Crippen LogP contribution in [0.2, 0.25) is 0 Å². The first-order chi connectivity index (χ1) is 10.1. The van der Waals surface area contributed by atoms with Crippen LogP contribution in [0.25, 0.3) is 0 Å². The van der Waals surface area contributed by atoms with Crippen LogP contribution in [0.15, 0.2) is 11.3 Å². The van der Waals surface area contributed by atoms with Crippen LogP contribution in [-0.2, 0) is 13.0 Å². The summed E-state index contributed by atoms with van der Waals surface area (Å²) in [6.45, 7) is 10.6. The van der Waals surface area contributed by atoms with Gasteiger partial charge in [-0.3, -0.25) is 4.99 Å². The number of nitrogens with one attached hydrogen (secondary N) is 1. The molecule has 2 heterocycles. The lowest BCUT2D eigenvalue weighted by Gasteiger charge is -2.37. The molecule has 1 aliphatic heterocycles. The molecule has 2 atom stereocenters. The van der Waals surface area contributed by atoms with Crippen LogP contribution >= 0.6 is 24.0 Å². The fraction of sp³-hybridized carbons (Fsp3) is 0.800. The van der Waals surface area contributed by atoms with Gasteiger partial charge in [0.25, 0.3) is 0 Å². The number of halogens is 1. The largest absolute Gasteiger partial charge is 0.354 e.